The molecule has 24 heavy (non-hydrogen) atoms. The van der Waals surface area contributed by atoms with E-state index < -0.39 is 0 Å². The highest BCUT2D eigenvalue weighted by Crippen LogP contribution is 2.18. The van der Waals surface area contributed by atoms with Gasteiger partial charge in [0.05, 0.1) is 0 Å². The van der Waals surface area contributed by atoms with E-state index in [0.717, 1.165) is 36.9 Å². The number of amides is 1. The topological polar surface area (TPSA) is 48.7 Å². The molecule has 0 radical (unpaired) electrons. The third kappa shape index (κ3) is 4.36. The monoisotopic (exact) mass is 329 g/mol. The summed E-state index contributed by atoms with van der Waals surface area (Å²) in [7, 11) is 0. The molecule has 2 aromatic rings. The van der Waals surface area contributed by atoms with E-state index in [-0.39, 0.29) is 5.91 Å². The third-order valence-electron chi connectivity index (χ3n) is 4.75. The summed E-state index contributed by atoms with van der Waals surface area (Å²) in [4.78, 5) is 17.1. The van der Waals surface area contributed by atoms with Crippen molar-refractivity contribution >= 4 is 16.9 Å². The van der Waals surface area contributed by atoms with Crippen molar-refractivity contribution in [2.45, 2.75) is 19.8 Å². The molecule has 1 aliphatic rings. The van der Waals surface area contributed by atoms with Gasteiger partial charge in [0.2, 0.25) is 0 Å². The standard InChI is InChI=1S/C19H27N3O2/c1-2-21-11-13-22(14-12-21)10-6-5-9-20-19(23)18-15-16-7-3-4-8-17(16)24-18/h3-4,7-8,15H,2,5-6,9-14H2,1H3,(H,20,23). The zero-order valence-corrected chi connectivity index (χ0v) is 14.5. The van der Waals surface area contributed by atoms with Crippen LogP contribution in [-0.2, 0) is 0 Å². The zero-order valence-electron chi connectivity index (χ0n) is 14.5. The van der Waals surface area contributed by atoms with Crippen LogP contribution in [0.25, 0.3) is 11.0 Å². The van der Waals surface area contributed by atoms with Crippen LogP contribution in [0.15, 0.2) is 34.7 Å². The lowest BCUT2D eigenvalue weighted by Crippen LogP contribution is -2.46. The van der Waals surface area contributed by atoms with Crippen LogP contribution in [0.5, 0.6) is 0 Å². The van der Waals surface area contributed by atoms with Gasteiger partial charge >= 0.3 is 0 Å². The van der Waals surface area contributed by atoms with Crippen LogP contribution in [0.2, 0.25) is 0 Å². The fourth-order valence-electron chi connectivity index (χ4n) is 3.17. The van der Waals surface area contributed by atoms with Crippen molar-refractivity contribution in [1.82, 2.24) is 15.1 Å². The molecule has 0 spiro atoms. The van der Waals surface area contributed by atoms with Gasteiger partial charge in [-0.2, -0.15) is 0 Å². The summed E-state index contributed by atoms with van der Waals surface area (Å²) >= 11 is 0. The van der Waals surface area contributed by atoms with Crippen LogP contribution in [0.3, 0.4) is 0 Å². The summed E-state index contributed by atoms with van der Waals surface area (Å²) in [6.45, 7) is 9.89. The van der Waals surface area contributed by atoms with Crippen LogP contribution >= 0.6 is 0 Å². The molecule has 1 N–H and O–H groups in total. The van der Waals surface area contributed by atoms with Crippen molar-refractivity contribution in [3.05, 3.63) is 36.1 Å². The molecule has 1 saturated heterocycles. The van der Waals surface area contributed by atoms with Crippen molar-refractivity contribution in [1.29, 1.82) is 0 Å². The van der Waals surface area contributed by atoms with Crippen molar-refractivity contribution < 1.29 is 9.21 Å². The third-order valence-corrected chi connectivity index (χ3v) is 4.75. The summed E-state index contributed by atoms with van der Waals surface area (Å²) in [5, 5.41) is 3.92. The lowest BCUT2D eigenvalue weighted by Gasteiger charge is -2.33. The molecule has 3 rings (SSSR count). The number of unbranched alkanes of at least 4 members (excludes halogenated alkanes) is 1. The van der Waals surface area contributed by atoms with Gasteiger partial charge in [0.25, 0.3) is 5.91 Å². The maximum absolute atomic E-state index is 12.1. The molecule has 1 aliphatic heterocycles. The fraction of sp³-hybridized carbons (Fsp3) is 0.526. The Morgan fingerprint density at radius 3 is 2.62 bits per heavy atom. The molecule has 5 nitrogen and oxygen atoms in total. The van der Waals surface area contributed by atoms with Gasteiger partial charge in [-0.25, -0.2) is 0 Å². The normalized spacial score (nSPS) is 16.5. The van der Waals surface area contributed by atoms with Gasteiger partial charge in [0, 0.05) is 38.1 Å². The number of likely N-dealkylation sites (N-methyl/N-ethyl adjacent to an activating group) is 1. The quantitative estimate of drug-likeness (QED) is 0.793. The Hall–Kier alpha value is -1.85. The van der Waals surface area contributed by atoms with Crippen LogP contribution in [-0.4, -0.2) is 61.5 Å². The highest BCUT2D eigenvalue weighted by atomic mass is 16.3. The number of benzene rings is 1. The Morgan fingerprint density at radius 1 is 1.12 bits per heavy atom. The smallest absolute Gasteiger partial charge is 0.287 e. The van der Waals surface area contributed by atoms with Gasteiger partial charge in [-0.3, -0.25) is 4.79 Å². The Balaban J connectivity index is 1.34. The van der Waals surface area contributed by atoms with Crippen LogP contribution < -0.4 is 5.32 Å². The van der Waals surface area contributed by atoms with E-state index in [4.69, 9.17) is 4.42 Å². The summed E-state index contributed by atoms with van der Waals surface area (Å²) < 4.78 is 5.58. The van der Waals surface area contributed by atoms with Crippen LogP contribution in [0.4, 0.5) is 0 Å². The lowest BCUT2D eigenvalue weighted by molar-refractivity contribution is 0.0926. The van der Waals surface area contributed by atoms with Crippen molar-refractivity contribution in [3.8, 4) is 0 Å². The van der Waals surface area contributed by atoms with Gasteiger partial charge in [-0.1, -0.05) is 25.1 Å². The number of nitrogens with zero attached hydrogens (tertiary/aromatic N) is 2. The number of furan rings is 1. The fourth-order valence-corrected chi connectivity index (χ4v) is 3.17. The molecule has 5 heteroatoms. The second kappa shape index (κ2) is 8.31. The lowest BCUT2D eigenvalue weighted by atomic mass is 10.2. The molecule has 1 aromatic carbocycles. The Morgan fingerprint density at radius 2 is 1.88 bits per heavy atom. The maximum atomic E-state index is 12.1. The van der Waals surface area contributed by atoms with Gasteiger partial charge < -0.3 is 19.5 Å². The summed E-state index contributed by atoms with van der Waals surface area (Å²) in [5.41, 5.74) is 0.758. The minimum absolute atomic E-state index is 0.122. The highest BCUT2D eigenvalue weighted by molar-refractivity contribution is 5.95. The Labute approximate surface area is 143 Å². The minimum atomic E-state index is -0.122. The molecule has 0 aliphatic carbocycles. The molecule has 0 unspecified atom stereocenters. The average Bonchev–Trinajstić information content (AvgIpc) is 3.06. The summed E-state index contributed by atoms with van der Waals surface area (Å²) in [6.07, 6.45) is 2.12. The second-order valence-corrected chi connectivity index (χ2v) is 6.39. The number of hydrogen-bond acceptors (Lipinski definition) is 4. The van der Waals surface area contributed by atoms with Gasteiger partial charge in [0.1, 0.15) is 5.58 Å². The number of hydrogen-bond donors (Lipinski definition) is 1. The SMILES string of the molecule is CCN1CCN(CCCCNC(=O)c2cc3ccccc3o2)CC1. The summed E-state index contributed by atoms with van der Waals surface area (Å²) in [6, 6.07) is 9.49. The number of para-hydroxylation sites is 1. The highest BCUT2D eigenvalue weighted by Gasteiger charge is 2.15. The van der Waals surface area contributed by atoms with E-state index in [1.165, 1.54) is 26.2 Å². The largest absolute Gasteiger partial charge is 0.451 e. The van der Waals surface area contributed by atoms with E-state index in [1.54, 1.807) is 6.07 Å². The van der Waals surface area contributed by atoms with Crippen molar-refractivity contribution in [3.63, 3.8) is 0 Å². The van der Waals surface area contributed by atoms with E-state index in [0.29, 0.717) is 12.3 Å². The van der Waals surface area contributed by atoms with Gasteiger partial charge in [0.15, 0.2) is 5.76 Å². The molecule has 1 fully saturated rings. The van der Waals surface area contributed by atoms with E-state index in [1.807, 2.05) is 24.3 Å². The van der Waals surface area contributed by atoms with Crippen LogP contribution in [0.1, 0.15) is 30.3 Å². The minimum Gasteiger partial charge on any atom is -0.451 e. The Bertz CT molecular complexity index is 626. The van der Waals surface area contributed by atoms with Crippen molar-refractivity contribution in [2.75, 3.05) is 45.8 Å². The molecule has 0 atom stereocenters. The van der Waals surface area contributed by atoms with Gasteiger partial charge in [-0.05, 0) is 38.1 Å². The van der Waals surface area contributed by atoms with E-state index >= 15 is 0 Å². The molecule has 130 valence electrons. The molecular formula is C19H27N3O2. The number of carbonyl (C=O) groups is 1. The van der Waals surface area contributed by atoms with E-state index in [9.17, 15) is 4.79 Å². The molecule has 1 amide bonds. The molecule has 2 heterocycles. The first-order valence-electron chi connectivity index (χ1n) is 8.98. The molecule has 0 bridgehead atoms. The zero-order chi connectivity index (χ0) is 16.8. The summed E-state index contributed by atoms with van der Waals surface area (Å²) in [5.74, 6) is 0.273. The molecular weight excluding hydrogens is 302 g/mol. The number of fused-ring (bicyclic) bond motifs is 1. The predicted molar refractivity (Wildman–Crippen MR) is 96.3 cm³/mol. The first kappa shape index (κ1) is 17.0. The van der Waals surface area contributed by atoms with Crippen LogP contribution in [0, 0.1) is 0 Å². The number of piperazine rings is 1. The predicted octanol–water partition coefficient (Wildman–Crippen LogP) is 2.58. The second-order valence-electron chi connectivity index (χ2n) is 6.39. The van der Waals surface area contributed by atoms with Gasteiger partial charge in [-0.15, -0.1) is 0 Å². The molecule has 1 aromatic heterocycles. The number of carbonyl (C=O) groups excluding carboxylic acids is 1. The number of rotatable bonds is 7. The molecule has 0 saturated carbocycles. The van der Waals surface area contributed by atoms with E-state index in [2.05, 4.69) is 22.0 Å². The first-order chi connectivity index (χ1) is 11.8. The average molecular weight is 329 g/mol. The maximum Gasteiger partial charge on any atom is 0.287 e. The first-order valence-corrected chi connectivity index (χ1v) is 8.98. The Kier molecular flexibility index (Phi) is 5.88. The van der Waals surface area contributed by atoms with Crippen molar-refractivity contribution in [2.24, 2.45) is 0 Å². The number of nitrogens with one attached hydrogen (secondary N) is 1.